The zero-order valence-corrected chi connectivity index (χ0v) is 20.0. The number of ketones is 1. The molecule has 0 N–H and O–H groups in total. The molecule has 6 nitrogen and oxygen atoms in total. The summed E-state index contributed by atoms with van der Waals surface area (Å²) in [5.74, 6) is 2.96. The van der Waals surface area contributed by atoms with E-state index in [2.05, 4.69) is 4.90 Å². The number of ether oxygens (including phenoxy) is 4. The normalized spacial score (nSPS) is 16.1. The van der Waals surface area contributed by atoms with Crippen LogP contribution in [0.2, 0.25) is 0 Å². The molecule has 0 spiro atoms. The van der Waals surface area contributed by atoms with Crippen molar-refractivity contribution in [1.82, 2.24) is 4.90 Å². The first-order valence-corrected chi connectivity index (χ1v) is 11.5. The van der Waals surface area contributed by atoms with Gasteiger partial charge in [-0.3, -0.25) is 9.69 Å². The number of carbonyl (C=O) groups is 1. The third-order valence-corrected chi connectivity index (χ3v) is 6.18. The van der Waals surface area contributed by atoms with Crippen LogP contribution in [0.4, 0.5) is 0 Å². The fraction of sp³-hybridized carbons (Fsp3) is 0.207. The molecule has 0 unspecified atom stereocenters. The highest BCUT2D eigenvalue weighted by Crippen LogP contribution is 2.44. The first-order chi connectivity index (χ1) is 17.1. The van der Waals surface area contributed by atoms with Crippen LogP contribution in [0.15, 0.2) is 72.5 Å². The van der Waals surface area contributed by atoms with Crippen LogP contribution in [0.25, 0.3) is 6.08 Å². The summed E-state index contributed by atoms with van der Waals surface area (Å²) in [6.45, 7) is 3.62. The highest BCUT2D eigenvalue weighted by Gasteiger charge is 2.35. The van der Waals surface area contributed by atoms with E-state index in [4.69, 9.17) is 18.9 Å². The summed E-state index contributed by atoms with van der Waals surface area (Å²) >= 11 is 0. The second-order valence-corrected chi connectivity index (χ2v) is 8.56. The highest BCUT2D eigenvalue weighted by molar-refractivity contribution is 6.14. The fourth-order valence-corrected chi connectivity index (χ4v) is 4.44. The Morgan fingerprint density at radius 3 is 2.60 bits per heavy atom. The second-order valence-electron chi connectivity index (χ2n) is 8.56. The maximum atomic E-state index is 13.1. The second kappa shape index (κ2) is 9.68. The van der Waals surface area contributed by atoms with Crippen molar-refractivity contribution in [2.45, 2.75) is 20.0 Å². The van der Waals surface area contributed by atoms with E-state index in [1.165, 1.54) is 0 Å². The van der Waals surface area contributed by atoms with Gasteiger partial charge in [-0.25, -0.2) is 0 Å². The minimum atomic E-state index is -0.102. The smallest absolute Gasteiger partial charge is 0.232 e. The summed E-state index contributed by atoms with van der Waals surface area (Å²) < 4.78 is 23.0. The first-order valence-electron chi connectivity index (χ1n) is 11.5. The molecule has 0 aliphatic carbocycles. The van der Waals surface area contributed by atoms with Crippen LogP contribution < -0.4 is 18.9 Å². The van der Waals surface area contributed by atoms with Gasteiger partial charge >= 0.3 is 0 Å². The summed E-state index contributed by atoms with van der Waals surface area (Å²) in [5, 5.41) is 0. The van der Waals surface area contributed by atoms with E-state index in [0.29, 0.717) is 48.4 Å². The minimum Gasteiger partial charge on any atom is -0.493 e. The summed E-state index contributed by atoms with van der Waals surface area (Å²) in [4.78, 5) is 15.3. The summed E-state index contributed by atoms with van der Waals surface area (Å²) in [6.07, 6.45) is 5.52. The number of carbonyl (C=O) groups excluding carboxylic acids is 1. The molecule has 0 bridgehead atoms. The Balaban J connectivity index is 1.38. The van der Waals surface area contributed by atoms with Crippen molar-refractivity contribution in [1.29, 1.82) is 0 Å². The molecule has 5 rings (SSSR count). The van der Waals surface area contributed by atoms with Crippen LogP contribution in [0.3, 0.4) is 0 Å². The molecule has 0 atom stereocenters. The van der Waals surface area contributed by atoms with E-state index in [-0.39, 0.29) is 5.78 Å². The summed E-state index contributed by atoms with van der Waals surface area (Å²) in [5.41, 5.74) is 4.48. The Morgan fingerprint density at radius 2 is 1.83 bits per heavy atom. The molecule has 2 aliphatic heterocycles. The number of rotatable bonds is 6. The third kappa shape index (κ3) is 4.53. The van der Waals surface area contributed by atoms with E-state index in [9.17, 15) is 4.79 Å². The van der Waals surface area contributed by atoms with Gasteiger partial charge in [0.1, 0.15) is 18.2 Å². The monoisotopic (exact) mass is 469 g/mol. The van der Waals surface area contributed by atoms with E-state index < -0.39 is 0 Å². The van der Waals surface area contributed by atoms with Gasteiger partial charge in [0, 0.05) is 13.1 Å². The van der Waals surface area contributed by atoms with Crippen LogP contribution in [0.1, 0.15) is 32.6 Å². The molecule has 0 radical (unpaired) electrons. The molecule has 0 aromatic heterocycles. The van der Waals surface area contributed by atoms with Gasteiger partial charge in [-0.1, -0.05) is 48.6 Å². The quantitative estimate of drug-likeness (QED) is 0.442. The molecule has 178 valence electrons. The average Bonchev–Trinajstić information content (AvgIpc) is 3.22. The van der Waals surface area contributed by atoms with Crippen molar-refractivity contribution >= 4 is 11.9 Å². The first kappa shape index (κ1) is 22.7. The van der Waals surface area contributed by atoms with Crippen molar-refractivity contribution in [3.8, 4) is 23.0 Å². The van der Waals surface area contributed by atoms with Gasteiger partial charge in [-0.15, -0.1) is 0 Å². The number of fused-ring (bicyclic) bond motifs is 3. The molecular formula is C29H27NO5. The van der Waals surface area contributed by atoms with Crippen molar-refractivity contribution in [3.63, 3.8) is 0 Å². The molecule has 3 aromatic rings. The fourth-order valence-electron chi connectivity index (χ4n) is 4.44. The van der Waals surface area contributed by atoms with E-state index in [1.54, 1.807) is 20.3 Å². The zero-order valence-electron chi connectivity index (χ0n) is 20.0. The van der Waals surface area contributed by atoms with Crippen LogP contribution in [0, 0.1) is 6.92 Å². The van der Waals surface area contributed by atoms with Gasteiger partial charge in [0.2, 0.25) is 5.78 Å². The van der Waals surface area contributed by atoms with Crippen molar-refractivity contribution in [2.75, 3.05) is 21.0 Å². The maximum absolute atomic E-state index is 13.1. The maximum Gasteiger partial charge on any atom is 0.232 e. The number of allylic oxidation sites excluding steroid dienone is 3. The lowest BCUT2D eigenvalue weighted by molar-refractivity contribution is 0.0871. The lowest BCUT2D eigenvalue weighted by Crippen LogP contribution is -2.31. The van der Waals surface area contributed by atoms with Crippen LogP contribution in [-0.4, -0.2) is 31.6 Å². The molecule has 0 saturated carbocycles. The van der Waals surface area contributed by atoms with Gasteiger partial charge < -0.3 is 18.9 Å². The predicted octanol–water partition coefficient (Wildman–Crippen LogP) is 5.54. The lowest BCUT2D eigenvalue weighted by Gasteiger charge is -2.30. The Kier molecular flexibility index (Phi) is 6.29. The van der Waals surface area contributed by atoms with Crippen molar-refractivity contribution in [3.05, 3.63) is 100 Å². The standard InChI is InChI=1S/C29H27NO5/c1-19-14-25-22(17-30(18-34-25)16-21-12-13-23(32-2)26(15-21)33-3)29-27(19)28(31)24(35-29)11-7-10-20-8-5-4-6-9-20/h4-15H,16-18H2,1-3H3/b10-7+,24-11-. The number of hydrogen-bond acceptors (Lipinski definition) is 6. The topological polar surface area (TPSA) is 57.2 Å². The Hall–Kier alpha value is -4.03. The van der Waals surface area contributed by atoms with Gasteiger partial charge in [-0.2, -0.15) is 0 Å². The number of aryl methyl sites for hydroxylation is 1. The molecule has 0 fully saturated rings. The number of benzene rings is 3. The largest absolute Gasteiger partial charge is 0.493 e. The van der Waals surface area contributed by atoms with Crippen molar-refractivity contribution < 1.29 is 23.7 Å². The number of Topliss-reactive ketones (excluding diaryl/α,β-unsaturated/α-hetero) is 1. The lowest BCUT2D eigenvalue weighted by atomic mass is 9.98. The SMILES string of the molecule is COc1ccc(CN2COc3cc(C)c4c(c3C2)O/C(=C\C=C\c2ccccc2)C4=O)cc1OC. The van der Waals surface area contributed by atoms with Crippen LogP contribution in [0.5, 0.6) is 23.0 Å². The summed E-state index contributed by atoms with van der Waals surface area (Å²) in [7, 11) is 3.25. The molecule has 2 aliphatic rings. The molecule has 3 aromatic carbocycles. The molecule has 35 heavy (non-hydrogen) atoms. The van der Waals surface area contributed by atoms with Crippen molar-refractivity contribution in [2.24, 2.45) is 0 Å². The molecule has 2 heterocycles. The van der Waals surface area contributed by atoms with E-state index in [1.807, 2.05) is 73.7 Å². The number of methoxy groups -OCH3 is 2. The van der Waals surface area contributed by atoms with Crippen LogP contribution >= 0.6 is 0 Å². The number of nitrogens with zero attached hydrogens (tertiary/aromatic N) is 1. The van der Waals surface area contributed by atoms with Gasteiger partial charge in [0.25, 0.3) is 0 Å². The van der Waals surface area contributed by atoms with Crippen LogP contribution in [-0.2, 0) is 13.1 Å². The highest BCUT2D eigenvalue weighted by atomic mass is 16.5. The molecular weight excluding hydrogens is 442 g/mol. The molecule has 0 saturated heterocycles. The third-order valence-electron chi connectivity index (χ3n) is 6.18. The van der Waals surface area contributed by atoms with Gasteiger partial charge in [0.15, 0.2) is 17.3 Å². The Labute approximate surface area is 205 Å². The Bertz CT molecular complexity index is 1330. The predicted molar refractivity (Wildman–Crippen MR) is 134 cm³/mol. The Morgan fingerprint density at radius 1 is 1.03 bits per heavy atom. The number of hydrogen-bond donors (Lipinski definition) is 0. The van der Waals surface area contributed by atoms with Gasteiger partial charge in [0.05, 0.1) is 25.3 Å². The summed E-state index contributed by atoms with van der Waals surface area (Å²) in [6, 6.07) is 17.7. The molecule has 6 heteroatoms. The average molecular weight is 470 g/mol. The molecule has 0 amide bonds. The van der Waals surface area contributed by atoms with E-state index >= 15 is 0 Å². The minimum absolute atomic E-state index is 0.102. The van der Waals surface area contributed by atoms with Gasteiger partial charge in [-0.05, 0) is 47.9 Å². The zero-order chi connectivity index (χ0) is 24.4. The van der Waals surface area contributed by atoms with E-state index in [0.717, 1.165) is 28.0 Å².